The number of hydrogen-bond acceptors (Lipinski definition) is 6. The highest BCUT2D eigenvalue weighted by molar-refractivity contribution is 5.68. The predicted molar refractivity (Wildman–Crippen MR) is 590 cm³/mol. The van der Waals surface area contributed by atoms with Crippen molar-refractivity contribution in [2.75, 3.05) is 39.6 Å². The molecule has 0 N–H and O–H groups in total. The largest absolute Gasteiger partial charge is 0.490 e. The standard InChI is InChI=1S/C132H180O6/c1-7-13-19-25-31-37-43-49-55-61-67-73-79-85-91-97-109-133-127-115-121-103-104-123-117-129(135-111-99-93-87-81-75-69-63-57-51-45-39-33-27-21-15-9-3)131(137-113-101-95-89-83-77-71-65-59-53-47-41-35-29-23-17-11-5)119-125(123)107-108-126-120-132(138-114-102-96-90-84-78-72-66-60-54-48-42-36-30-24-18-12-6)130(136-112-100-94-88-82-76-70-64-58-52-46-40-34-28-22-16-10-4)118-124(126)106-105-122(121)116-128(127)134-110-98-92-86-80-74-68-62-56-50-44-38-32-26-20-14-8-2/h115-120H,7-43,46-47,68-69,72-102,109-114H2,1-6H3. The molecule has 0 aliphatic heterocycles. The number of rotatable bonds is 78. The topological polar surface area (TPSA) is 55.4 Å². The molecule has 0 radical (unpaired) electrons. The molecule has 6 nitrogen and oxygen atoms in total. The zero-order valence-electron chi connectivity index (χ0n) is 88.1. The van der Waals surface area contributed by atoms with E-state index in [0.29, 0.717) is 108 Å². The molecule has 0 heterocycles. The van der Waals surface area contributed by atoms with Crippen LogP contribution in [0.5, 0.6) is 34.5 Å². The first-order chi connectivity index (χ1) is 68.5. The quantitative estimate of drug-likeness (QED) is 0.0324. The average molecular weight is 1860 g/mol. The highest BCUT2D eigenvalue weighted by Gasteiger charge is 2.18. The molecule has 0 bridgehead atoms. The highest BCUT2D eigenvalue weighted by Crippen LogP contribution is 2.37. The molecule has 0 amide bonds. The third kappa shape index (κ3) is 70.5. The van der Waals surface area contributed by atoms with Crippen molar-refractivity contribution in [3.63, 3.8) is 0 Å². The summed E-state index contributed by atoms with van der Waals surface area (Å²) in [5, 5.41) is 0. The van der Waals surface area contributed by atoms with Gasteiger partial charge in [0.15, 0.2) is 34.5 Å². The van der Waals surface area contributed by atoms with Crippen molar-refractivity contribution in [2.24, 2.45) is 0 Å². The molecule has 1 aliphatic carbocycles. The molecule has 3 aromatic rings. The van der Waals surface area contributed by atoms with Gasteiger partial charge in [0.2, 0.25) is 0 Å². The molecule has 3 aromatic carbocycles. The maximum absolute atomic E-state index is 6.87. The normalized spacial score (nSPS) is 10.2. The molecule has 0 fully saturated rings. The summed E-state index contributed by atoms with van der Waals surface area (Å²) in [4.78, 5) is 0. The molecule has 0 unspecified atom stereocenters. The van der Waals surface area contributed by atoms with E-state index < -0.39 is 0 Å². The summed E-state index contributed by atoms with van der Waals surface area (Å²) in [6, 6.07) is 12.3. The van der Waals surface area contributed by atoms with Crippen molar-refractivity contribution in [1.29, 1.82) is 0 Å². The van der Waals surface area contributed by atoms with E-state index in [1.54, 1.807) is 0 Å². The molecular weight excluding hydrogens is 1680 g/mol. The molecule has 1 aliphatic rings. The zero-order valence-corrected chi connectivity index (χ0v) is 88.1. The van der Waals surface area contributed by atoms with Crippen LogP contribution in [0, 0.1) is 178 Å². The van der Waals surface area contributed by atoms with Gasteiger partial charge in [-0.1, -0.05) is 418 Å². The second-order valence-corrected chi connectivity index (χ2v) is 37.1. The van der Waals surface area contributed by atoms with Crippen molar-refractivity contribution < 1.29 is 28.4 Å². The molecule has 138 heavy (non-hydrogen) atoms. The summed E-state index contributed by atoms with van der Waals surface area (Å²) in [5.41, 5.74) is 4.30. The summed E-state index contributed by atoms with van der Waals surface area (Å²) in [5.74, 6) is 103. The minimum Gasteiger partial charge on any atom is -0.490 e. The minimum absolute atomic E-state index is 0.516. The van der Waals surface area contributed by atoms with Crippen LogP contribution in [0.1, 0.15) is 537 Å². The highest BCUT2D eigenvalue weighted by atomic mass is 16.5. The van der Waals surface area contributed by atoms with Gasteiger partial charge >= 0.3 is 0 Å². The summed E-state index contributed by atoms with van der Waals surface area (Å²) in [6.07, 6.45) is 79.9. The van der Waals surface area contributed by atoms with Crippen LogP contribution in [-0.4, -0.2) is 39.6 Å². The second kappa shape index (κ2) is 94.5. The van der Waals surface area contributed by atoms with Crippen LogP contribution in [0.25, 0.3) is 0 Å². The van der Waals surface area contributed by atoms with Crippen molar-refractivity contribution in [1.82, 2.24) is 0 Å². The Morgan fingerprint density at radius 2 is 0.239 bits per heavy atom. The summed E-state index contributed by atoms with van der Waals surface area (Å²) >= 11 is 0. The predicted octanol–water partition coefficient (Wildman–Crippen LogP) is 34.7. The van der Waals surface area contributed by atoms with E-state index in [0.717, 1.165) is 289 Å². The van der Waals surface area contributed by atoms with Gasteiger partial charge < -0.3 is 28.4 Å². The number of benzene rings is 3. The van der Waals surface area contributed by atoms with Gasteiger partial charge in [-0.05, 0) is 187 Å². The van der Waals surface area contributed by atoms with Gasteiger partial charge in [0.25, 0.3) is 0 Å². The SMILES string of the molecule is CCCCCCCC#CC#CCCCCCCCOc1cc2c(cc1OCCCCCCC#CC#CCCCCCCCC)C#Cc1cc(OCCCCCCCC#CC#CCCCCCCC)c(OCCCCCCC#CC#CCCCCCCCC)cc1C#Cc1cc(OCCCCCCCC#CC#CCCCCCCC)c(OCCCCCCC#CC#CCCCCCCCC)cc1C#C2. The van der Waals surface area contributed by atoms with Gasteiger partial charge in [-0.25, -0.2) is 0 Å². The Morgan fingerprint density at radius 3 is 0.355 bits per heavy atom. The van der Waals surface area contributed by atoms with E-state index in [1.807, 2.05) is 36.4 Å². The first-order valence-electron chi connectivity index (χ1n) is 56.2. The summed E-state index contributed by atoms with van der Waals surface area (Å²) in [6.45, 7) is 16.7. The molecule has 744 valence electrons. The first kappa shape index (κ1) is 120. The van der Waals surface area contributed by atoms with Gasteiger partial charge in [-0.3, -0.25) is 0 Å². The lowest BCUT2D eigenvalue weighted by Gasteiger charge is -2.16. The lowest BCUT2D eigenvalue weighted by atomic mass is 10.0. The third-order valence-corrected chi connectivity index (χ3v) is 24.3. The van der Waals surface area contributed by atoms with Crippen LogP contribution in [0.3, 0.4) is 0 Å². The van der Waals surface area contributed by atoms with Crippen LogP contribution in [0.4, 0.5) is 0 Å². The Bertz CT molecular complexity index is 4260. The Hall–Kier alpha value is -10.1. The summed E-state index contributed by atoms with van der Waals surface area (Å²) < 4.78 is 41.2. The fraction of sp³-hybridized carbons (Fsp3) is 0.636. The lowest BCUT2D eigenvalue weighted by Crippen LogP contribution is -2.05. The Labute approximate surface area is 848 Å². The van der Waals surface area contributed by atoms with Gasteiger partial charge in [0.05, 0.1) is 39.6 Å². The molecular formula is C132H180O6. The van der Waals surface area contributed by atoms with Crippen molar-refractivity contribution >= 4 is 0 Å². The van der Waals surface area contributed by atoms with Gasteiger partial charge in [0.1, 0.15) is 0 Å². The van der Waals surface area contributed by atoms with Gasteiger partial charge in [0, 0.05) is 147 Å². The molecule has 0 saturated heterocycles. The summed E-state index contributed by atoms with van der Waals surface area (Å²) in [7, 11) is 0. The van der Waals surface area contributed by atoms with Gasteiger partial charge in [-0.15, -0.1) is 0 Å². The van der Waals surface area contributed by atoms with Crippen LogP contribution in [-0.2, 0) is 0 Å². The van der Waals surface area contributed by atoms with E-state index >= 15 is 0 Å². The number of fused-ring (bicyclic) bond motifs is 3. The number of unbranched alkanes of at least 4 members (excludes halogenated alkanes) is 60. The van der Waals surface area contributed by atoms with Gasteiger partial charge in [-0.2, -0.15) is 0 Å². The maximum Gasteiger partial charge on any atom is 0.162 e. The second-order valence-electron chi connectivity index (χ2n) is 37.1. The number of hydrogen-bond donors (Lipinski definition) is 0. The zero-order chi connectivity index (χ0) is 97.8. The van der Waals surface area contributed by atoms with E-state index in [2.05, 4.69) is 219 Å². The Balaban J connectivity index is 1.80. The Kier molecular flexibility index (Phi) is 82.2. The molecule has 6 heteroatoms. The van der Waals surface area contributed by atoms with E-state index in [4.69, 9.17) is 28.4 Å². The lowest BCUT2D eigenvalue weighted by molar-refractivity contribution is 0.258. The van der Waals surface area contributed by atoms with Crippen LogP contribution >= 0.6 is 0 Å². The van der Waals surface area contributed by atoms with Crippen LogP contribution in [0.15, 0.2) is 36.4 Å². The minimum atomic E-state index is 0.516. The Morgan fingerprint density at radius 1 is 0.138 bits per heavy atom. The van der Waals surface area contributed by atoms with Crippen molar-refractivity contribution in [3.8, 4) is 212 Å². The maximum atomic E-state index is 6.87. The van der Waals surface area contributed by atoms with Crippen LogP contribution in [0.2, 0.25) is 0 Å². The molecule has 0 saturated carbocycles. The van der Waals surface area contributed by atoms with Crippen LogP contribution < -0.4 is 28.4 Å². The molecule has 0 spiro atoms. The smallest absolute Gasteiger partial charge is 0.162 e. The first-order valence-corrected chi connectivity index (χ1v) is 56.2. The molecule has 4 rings (SSSR count). The molecule has 0 aromatic heterocycles. The fourth-order valence-electron chi connectivity index (χ4n) is 15.7. The van der Waals surface area contributed by atoms with E-state index in [1.165, 1.54) is 173 Å². The van der Waals surface area contributed by atoms with Crippen molar-refractivity contribution in [2.45, 2.75) is 504 Å². The van der Waals surface area contributed by atoms with E-state index in [9.17, 15) is 0 Å². The number of ether oxygens (including phenoxy) is 6. The monoisotopic (exact) mass is 1860 g/mol. The third-order valence-electron chi connectivity index (χ3n) is 24.3. The fourth-order valence-corrected chi connectivity index (χ4v) is 15.7. The molecule has 0 atom stereocenters. The van der Waals surface area contributed by atoms with Crippen molar-refractivity contribution in [3.05, 3.63) is 69.8 Å². The van der Waals surface area contributed by atoms with E-state index in [-0.39, 0.29) is 0 Å². The average Bonchev–Trinajstić information content (AvgIpc) is 0.795.